The summed E-state index contributed by atoms with van der Waals surface area (Å²) in [6.07, 6.45) is 0. The maximum absolute atomic E-state index is 6.80. The number of rotatable bonds is 5. The SMILES string of the molecule is Cc1cc(C)cc(C(N)=NC(=Nc2c(C)cc(C)cc2C)c2cccc(C3(c4ccccc4)c4ccccc4-c4ccccc43)c2)c1. The second kappa shape index (κ2) is 12.0. The Hall–Kier alpha value is -5.54. The summed E-state index contributed by atoms with van der Waals surface area (Å²) in [7, 11) is 0. The summed E-state index contributed by atoms with van der Waals surface area (Å²) in [5.74, 6) is 1.03. The standard InChI is InChI=1S/C44H39N3/c1-28-22-29(2)26-34(25-28)42(45)47-43(46-41-31(4)23-30(3)24-32(41)5)33-14-13-17-36(27-33)44(35-15-7-6-8-16-35)39-20-11-9-18-37(39)38-19-10-12-21-40(38)44/h6-27H,1-5H3,(H2,45,46,47). The Labute approximate surface area is 278 Å². The highest BCUT2D eigenvalue weighted by molar-refractivity contribution is 6.12. The van der Waals surface area contributed by atoms with Gasteiger partial charge in [0.25, 0.3) is 0 Å². The molecule has 0 atom stereocenters. The van der Waals surface area contributed by atoms with Crippen molar-refractivity contribution in [2.24, 2.45) is 15.7 Å². The third-order valence-electron chi connectivity index (χ3n) is 9.31. The summed E-state index contributed by atoms with van der Waals surface area (Å²) in [5.41, 5.74) is 22.1. The van der Waals surface area contributed by atoms with Crippen LogP contribution in [0.5, 0.6) is 0 Å². The Morgan fingerprint density at radius 2 is 1.04 bits per heavy atom. The summed E-state index contributed by atoms with van der Waals surface area (Å²) in [5, 5.41) is 0. The van der Waals surface area contributed by atoms with E-state index < -0.39 is 5.41 Å². The first-order valence-electron chi connectivity index (χ1n) is 16.2. The van der Waals surface area contributed by atoms with Gasteiger partial charge in [-0.15, -0.1) is 0 Å². The van der Waals surface area contributed by atoms with Crippen LogP contribution in [-0.4, -0.2) is 11.7 Å². The van der Waals surface area contributed by atoms with Gasteiger partial charge in [-0.1, -0.05) is 132 Å². The van der Waals surface area contributed by atoms with Crippen molar-refractivity contribution in [1.82, 2.24) is 0 Å². The van der Waals surface area contributed by atoms with Crippen LogP contribution in [0.4, 0.5) is 5.69 Å². The van der Waals surface area contributed by atoms with Crippen molar-refractivity contribution in [1.29, 1.82) is 0 Å². The number of nitrogens with zero attached hydrogens (tertiary/aromatic N) is 2. The van der Waals surface area contributed by atoms with Gasteiger partial charge >= 0.3 is 0 Å². The Kier molecular flexibility index (Phi) is 7.69. The fourth-order valence-corrected chi connectivity index (χ4v) is 7.51. The van der Waals surface area contributed by atoms with E-state index in [4.69, 9.17) is 15.7 Å². The zero-order chi connectivity index (χ0) is 32.7. The molecule has 0 aliphatic heterocycles. The number of amidine groups is 2. The van der Waals surface area contributed by atoms with Crippen molar-refractivity contribution in [3.05, 3.63) is 195 Å². The van der Waals surface area contributed by atoms with Crippen molar-refractivity contribution in [3.8, 4) is 11.1 Å². The van der Waals surface area contributed by atoms with E-state index in [2.05, 4.69) is 168 Å². The minimum atomic E-state index is -0.520. The number of nitrogens with two attached hydrogens (primary N) is 1. The fourth-order valence-electron chi connectivity index (χ4n) is 7.51. The Morgan fingerprint density at radius 3 is 1.66 bits per heavy atom. The fraction of sp³-hybridized carbons (Fsp3) is 0.136. The molecule has 0 spiro atoms. The molecule has 0 saturated carbocycles. The average molecular weight is 610 g/mol. The molecule has 0 fully saturated rings. The molecule has 0 aromatic heterocycles. The third kappa shape index (κ3) is 5.28. The molecular weight excluding hydrogens is 571 g/mol. The average Bonchev–Trinajstić information content (AvgIpc) is 3.37. The van der Waals surface area contributed by atoms with E-state index in [0.29, 0.717) is 11.7 Å². The van der Waals surface area contributed by atoms with E-state index in [1.54, 1.807) is 0 Å². The number of benzene rings is 6. The largest absolute Gasteiger partial charge is 0.383 e. The topological polar surface area (TPSA) is 50.7 Å². The predicted octanol–water partition coefficient (Wildman–Crippen LogP) is 10.1. The van der Waals surface area contributed by atoms with Gasteiger partial charge in [0.15, 0.2) is 5.84 Å². The molecule has 230 valence electrons. The van der Waals surface area contributed by atoms with Gasteiger partial charge < -0.3 is 5.73 Å². The van der Waals surface area contributed by atoms with Gasteiger partial charge in [0.2, 0.25) is 0 Å². The highest BCUT2D eigenvalue weighted by Crippen LogP contribution is 2.56. The van der Waals surface area contributed by atoms with Gasteiger partial charge in [-0.2, -0.15) is 0 Å². The molecule has 0 heterocycles. The lowest BCUT2D eigenvalue weighted by Gasteiger charge is -2.34. The molecule has 2 N–H and O–H groups in total. The molecule has 47 heavy (non-hydrogen) atoms. The lowest BCUT2D eigenvalue weighted by atomic mass is 9.67. The molecule has 1 aliphatic rings. The smallest absolute Gasteiger partial charge is 0.162 e. The van der Waals surface area contributed by atoms with Crippen LogP contribution in [-0.2, 0) is 5.41 Å². The molecule has 7 rings (SSSR count). The Bertz CT molecular complexity index is 2120. The molecule has 0 amide bonds. The monoisotopic (exact) mass is 609 g/mol. The van der Waals surface area contributed by atoms with Crippen molar-refractivity contribution < 1.29 is 0 Å². The molecule has 3 heteroatoms. The van der Waals surface area contributed by atoms with E-state index in [9.17, 15) is 0 Å². The number of hydrogen-bond acceptors (Lipinski definition) is 1. The van der Waals surface area contributed by atoms with Crippen LogP contribution in [0.25, 0.3) is 11.1 Å². The Balaban J connectivity index is 1.50. The molecular formula is C44H39N3. The molecule has 0 unspecified atom stereocenters. The first-order valence-corrected chi connectivity index (χ1v) is 16.2. The molecule has 6 aromatic carbocycles. The molecule has 0 bridgehead atoms. The normalized spacial score (nSPS) is 13.7. The van der Waals surface area contributed by atoms with Crippen LogP contribution in [0, 0.1) is 34.6 Å². The van der Waals surface area contributed by atoms with Crippen LogP contribution in [0.3, 0.4) is 0 Å². The summed E-state index contributed by atoms with van der Waals surface area (Å²) < 4.78 is 0. The van der Waals surface area contributed by atoms with Crippen LogP contribution in [0.15, 0.2) is 143 Å². The van der Waals surface area contributed by atoms with E-state index in [0.717, 1.165) is 44.6 Å². The van der Waals surface area contributed by atoms with Gasteiger partial charge in [-0.25, -0.2) is 9.98 Å². The van der Waals surface area contributed by atoms with Crippen LogP contribution >= 0.6 is 0 Å². The highest BCUT2D eigenvalue weighted by atomic mass is 15.0. The Morgan fingerprint density at radius 1 is 0.511 bits per heavy atom. The molecule has 6 aromatic rings. The molecule has 0 saturated heterocycles. The summed E-state index contributed by atoms with van der Waals surface area (Å²) in [6.45, 7) is 10.5. The van der Waals surface area contributed by atoms with Crippen LogP contribution < -0.4 is 5.73 Å². The lowest BCUT2D eigenvalue weighted by molar-refractivity contribution is 0.768. The van der Waals surface area contributed by atoms with Gasteiger partial charge in [-0.3, -0.25) is 0 Å². The van der Waals surface area contributed by atoms with Gasteiger partial charge in [0, 0.05) is 11.1 Å². The first-order chi connectivity index (χ1) is 22.8. The number of fused-ring (bicyclic) bond motifs is 3. The summed E-state index contributed by atoms with van der Waals surface area (Å²) >= 11 is 0. The molecule has 0 radical (unpaired) electrons. The van der Waals surface area contributed by atoms with Crippen molar-refractivity contribution in [3.63, 3.8) is 0 Å². The quantitative estimate of drug-likeness (QED) is 0.153. The molecule has 3 nitrogen and oxygen atoms in total. The maximum atomic E-state index is 6.80. The van der Waals surface area contributed by atoms with Crippen molar-refractivity contribution >= 4 is 17.4 Å². The maximum Gasteiger partial charge on any atom is 0.162 e. The second-order valence-corrected chi connectivity index (χ2v) is 12.8. The minimum absolute atomic E-state index is 0.442. The number of hydrogen-bond donors (Lipinski definition) is 1. The van der Waals surface area contributed by atoms with E-state index >= 15 is 0 Å². The van der Waals surface area contributed by atoms with Crippen molar-refractivity contribution in [2.45, 2.75) is 40.0 Å². The highest BCUT2D eigenvalue weighted by Gasteiger charge is 2.45. The van der Waals surface area contributed by atoms with E-state index in [-0.39, 0.29) is 0 Å². The zero-order valence-electron chi connectivity index (χ0n) is 27.7. The van der Waals surface area contributed by atoms with Gasteiger partial charge in [-0.05, 0) is 97.3 Å². The summed E-state index contributed by atoms with van der Waals surface area (Å²) in [4.78, 5) is 10.4. The number of aliphatic imine (C=N–C) groups is 2. The number of aryl methyl sites for hydroxylation is 5. The predicted molar refractivity (Wildman–Crippen MR) is 197 cm³/mol. The van der Waals surface area contributed by atoms with Crippen molar-refractivity contribution in [2.75, 3.05) is 0 Å². The lowest BCUT2D eigenvalue weighted by Crippen LogP contribution is -2.28. The van der Waals surface area contributed by atoms with Gasteiger partial charge in [0.1, 0.15) is 5.84 Å². The zero-order valence-corrected chi connectivity index (χ0v) is 27.7. The third-order valence-corrected chi connectivity index (χ3v) is 9.31. The van der Waals surface area contributed by atoms with E-state index in [1.165, 1.54) is 33.4 Å². The molecule has 1 aliphatic carbocycles. The van der Waals surface area contributed by atoms with Gasteiger partial charge in [0.05, 0.1) is 11.1 Å². The van der Waals surface area contributed by atoms with Crippen LogP contribution in [0.1, 0.15) is 61.2 Å². The minimum Gasteiger partial charge on any atom is -0.383 e. The second-order valence-electron chi connectivity index (χ2n) is 12.8. The first kappa shape index (κ1) is 30.1. The van der Waals surface area contributed by atoms with E-state index in [1.807, 2.05) is 0 Å². The summed E-state index contributed by atoms with van der Waals surface area (Å²) in [6, 6.07) is 47.9. The van der Waals surface area contributed by atoms with Crippen LogP contribution in [0.2, 0.25) is 0 Å².